The van der Waals surface area contributed by atoms with Crippen LogP contribution in [0.4, 0.5) is 0 Å². The molecular formula is C30H29NO9. The van der Waals surface area contributed by atoms with E-state index >= 15 is 0 Å². The Bertz CT molecular complexity index is 1730. The summed E-state index contributed by atoms with van der Waals surface area (Å²) in [6, 6.07) is 15.5. The molecular weight excluding hydrogens is 518 g/mol. The van der Waals surface area contributed by atoms with Crippen molar-refractivity contribution in [3.63, 3.8) is 0 Å². The average molecular weight is 548 g/mol. The lowest BCUT2D eigenvalue weighted by molar-refractivity contribution is -0.357. The highest BCUT2D eigenvalue weighted by Gasteiger charge is 2.80. The third-order valence-electron chi connectivity index (χ3n) is 9.33. The minimum atomic E-state index is -2.80. The van der Waals surface area contributed by atoms with Crippen molar-refractivity contribution < 1.29 is 44.9 Å². The van der Waals surface area contributed by atoms with Gasteiger partial charge in [-0.05, 0) is 65.1 Å². The topological polar surface area (TPSA) is 173 Å². The van der Waals surface area contributed by atoms with E-state index in [0.29, 0.717) is 23.7 Å². The zero-order chi connectivity index (χ0) is 28.1. The summed E-state index contributed by atoms with van der Waals surface area (Å²) in [4.78, 5) is 16.6. The summed E-state index contributed by atoms with van der Waals surface area (Å²) >= 11 is 0. The third kappa shape index (κ3) is 2.98. The fraction of sp³-hybridized carbons (Fsp3) is 0.367. The zero-order valence-corrected chi connectivity index (χ0v) is 21.4. The normalized spacial score (nSPS) is 35.0. The molecule has 0 spiro atoms. The average Bonchev–Trinajstić information content (AvgIpc) is 3.57. The number of aromatic nitrogens is 1. The number of fused-ring (bicyclic) bond motifs is 7. The van der Waals surface area contributed by atoms with Crippen LogP contribution in [-0.4, -0.2) is 77.4 Å². The van der Waals surface area contributed by atoms with Crippen LogP contribution in [-0.2, 0) is 16.1 Å². The van der Waals surface area contributed by atoms with E-state index in [1.165, 1.54) is 6.08 Å². The van der Waals surface area contributed by atoms with Crippen molar-refractivity contribution >= 4 is 38.4 Å². The highest BCUT2D eigenvalue weighted by Crippen LogP contribution is 2.62. The molecule has 0 radical (unpaired) electrons. The van der Waals surface area contributed by atoms with E-state index < -0.39 is 53.8 Å². The number of hydrogen-bond acceptors (Lipinski definition) is 9. The van der Waals surface area contributed by atoms with Crippen molar-refractivity contribution in [3.05, 3.63) is 66.4 Å². The Hall–Kier alpha value is -3.35. The second-order valence-corrected chi connectivity index (χ2v) is 11.2. The minimum absolute atomic E-state index is 0.0212. The minimum Gasteiger partial charge on any atom is -0.422 e. The summed E-state index contributed by atoms with van der Waals surface area (Å²) in [5, 5.41) is 70.1. The SMILES string of the molecule is O=C(Oc1c(CO)[nH]c2ccc3cc4ccccc4cc3c12)C1OC2(O)C(O)(C=CC3(CO)CCCC32O)C1O. The molecule has 2 fully saturated rings. The maximum Gasteiger partial charge on any atom is 0.343 e. The Morgan fingerprint density at radius 2 is 1.75 bits per heavy atom. The first-order valence-electron chi connectivity index (χ1n) is 13.2. The number of aliphatic hydroxyl groups excluding tert-OH is 3. The molecule has 2 heterocycles. The van der Waals surface area contributed by atoms with E-state index in [1.54, 1.807) is 6.07 Å². The van der Waals surface area contributed by atoms with Gasteiger partial charge in [0.25, 0.3) is 0 Å². The number of aliphatic hydroxyl groups is 6. The molecule has 0 amide bonds. The first-order chi connectivity index (χ1) is 19.1. The number of aromatic amines is 1. The third-order valence-corrected chi connectivity index (χ3v) is 9.33. The van der Waals surface area contributed by atoms with E-state index in [9.17, 15) is 35.4 Å². The molecule has 3 aromatic carbocycles. The van der Waals surface area contributed by atoms with Gasteiger partial charge in [-0.15, -0.1) is 0 Å². The Labute approximate surface area is 227 Å². The van der Waals surface area contributed by atoms with Crippen molar-refractivity contribution in [1.29, 1.82) is 0 Å². The molecule has 0 bridgehead atoms. The van der Waals surface area contributed by atoms with Crippen LogP contribution in [0.5, 0.6) is 5.75 Å². The maximum absolute atomic E-state index is 13.6. The molecule has 7 rings (SSSR count). The van der Waals surface area contributed by atoms with Crippen LogP contribution in [0.25, 0.3) is 32.4 Å². The molecule has 10 heteroatoms. The number of carbonyl (C=O) groups excluding carboxylic acids is 1. The quantitative estimate of drug-likeness (QED) is 0.114. The van der Waals surface area contributed by atoms with Crippen molar-refractivity contribution in [1.82, 2.24) is 4.98 Å². The monoisotopic (exact) mass is 547 g/mol. The fourth-order valence-electron chi connectivity index (χ4n) is 7.10. The molecule has 1 saturated heterocycles. The van der Waals surface area contributed by atoms with Crippen LogP contribution in [0, 0.1) is 5.41 Å². The molecule has 1 aromatic heterocycles. The number of hydrogen-bond donors (Lipinski definition) is 7. The predicted octanol–water partition coefficient (Wildman–Crippen LogP) is 1.51. The fourth-order valence-corrected chi connectivity index (χ4v) is 7.10. The molecule has 40 heavy (non-hydrogen) atoms. The smallest absolute Gasteiger partial charge is 0.343 e. The van der Waals surface area contributed by atoms with E-state index in [4.69, 9.17) is 9.47 Å². The lowest BCUT2D eigenvalue weighted by Gasteiger charge is -2.54. The lowest BCUT2D eigenvalue weighted by atomic mass is 9.60. The second kappa shape index (κ2) is 8.34. The van der Waals surface area contributed by atoms with Gasteiger partial charge in [-0.2, -0.15) is 0 Å². The standard InChI is InChI=1S/C30H29NO9/c32-14-21-23(22-19-13-17-5-2-1-4-16(17)12-18(19)6-7-20(22)31-21)39-26(35)24-25(34)28(36)11-10-27(15-33)8-3-9-29(27,37)30(28,38)40-24/h1-2,4-7,10-13,24-25,31-34,36-38H,3,8-9,14-15H2. The van der Waals surface area contributed by atoms with Crippen LogP contribution < -0.4 is 4.74 Å². The van der Waals surface area contributed by atoms with Gasteiger partial charge < -0.3 is 45.1 Å². The number of ether oxygens (including phenoxy) is 2. The van der Waals surface area contributed by atoms with Crippen molar-refractivity contribution in [3.8, 4) is 5.75 Å². The van der Waals surface area contributed by atoms with E-state index in [1.807, 2.05) is 42.5 Å². The van der Waals surface area contributed by atoms with E-state index in [2.05, 4.69) is 4.98 Å². The largest absolute Gasteiger partial charge is 0.422 e. The van der Waals surface area contributed by atoms with Gasteiger partial charge in [-0.25, -0.2) is 4.79 Å². The molecule has 4 aromatic rings. The van der Waals surface area contributed by atoms with Crippen LogP contribution in [0.1, 0.15) is 25.0 Å². The molecule has 2 aliphatic carbocycles. The first-order valence-corrected chi connectivity index (χ1v) is 13.2. The molecule has 10 nitrogen and oxygen atoms in total. The number of nitrogens with one attached hydrogen (secondary N) is 1. The van der Waals surface area contributed by atoms with Gasteiger partial charge in [-0.1, -0.05) is 36.4 Å². The summed E-state index contributed by atoms with van der Waals surface area (Å²) in [5.41, 5.74) is -5.25. The van der Waals surface area contributed by atoms with Gasteiger partial charge in [0, 0.05) is 5.41 Å². The summed E-state index contributed by atoms with van der Waals surface area (Å²) in [7, 11) is 0. The van der Waals surface area contributed by atoms with Gasteiger partial charge in [0.15, 0.2) is 17.5 Å². The Balaban J connectivity index is 1.31. The number of carbonyl (C=O) groups is 1. The summed E-state index contributed by atoms with van der Waals surface area (Å²) in [6.45, 7) is -1.03. The van der Waals surface area contributed by atoms with E-state index in [0.717, 1.165) is 27.6 Å². The number of esters is 1. The summed E-state index contributed by atoms with van der Waals surface area (Å²) in [5.74, 6) is -3.92. The van der Waals surface area contributed by atoms with Crippen LogP contribution in [0.2, 0.25) is 0 Å². The molecule has 1 saturated carbocycles. The lowest BCUT2D eigenvalue weighted by Crippen LogP contribution is -2.74. The van der Waals surface area contributed by atoms with Crippen LogP contribution in [0.15, 0.2) is 60.7 Å². The number of benzene rings is 3. The van der Waals surface area contributed by atoms with Crippen molar-refractivity contribution in [2.75, 3.05) is 6.61 Å². The first kappa shape index (κ1) is 25.6. The van der Waals surface area contributed by atoms with Gasteiger partial charge in [0.05, 0.1) is 29.8 Å². The summed E-state index contributed by atoms with van der Waals surface area (Å²) in [6.07, 6.45) is -0.759. The highest BCUT2D eigenvalue weighted by atomic mass is 16.7. The van der Waals surface area contributed by atoms with Gasteiger partial charge in [0.2, 0.25) is 5.79 Å². The molecule has 3 aliphatic rings. The maximum atomic E-state index is 13.6. The predicted molar refractivity (Wildman–Crippen MR) is 143 cm³/mol. The highest BCUT2D eigenvalue weighted by molar-refractivity contribution is 6.14. The second-order valence-electron chi connectivity index (χ2n) is 11.2. The van der Waals surface area contributed by atoms with Gasteiger partial charge in [-0.3, -0.25) is 0 Å². The van der Waals surface area contributed by atoms with Gasteiger partial charge in [0.1, 0.15) is 11.7 Å². The molecule has 208 valence electrons. The van der Waals surface area contributed by atoms with Crippen LogP contribution in [0.3, 0.4) is 0 Å². The molecule has 6 atom stereocenters. The summed E-state index contributed by atoms with van der Waals surface area (Å²) < 4.78 is 11.4. The molecule has 7 N–H and O–H groups in total. The number of rotatable bonds is 4. The van der Waals surface area contributed by atoms with Crippen molar-refractivity contribution in [2.45, 2.75) is 55.1 Å². The molecule has 6 unspecified atom stereocenters. The zero-order valence-electron chi connectivity index (χ0n) is 21.4. The number of H-pyrrole nitrogens is 1. The van der Waals surface area contributed by atoms with Crippen molar-refractivity contribution in [2.24, 2.45) is 5.41 Å². The Morgan fingerprint density at radius 3 is 2.48 bits per heavy atom. The van der Waals surface area contributed by atoms with E-state index in [-0.39, 0.29) is 17.9 Å². The Morgan fingerprint density at radius 1 is 1.00 bits per heavy atom. The van der Waals surface area contributed by atoms with Gasteiger partial charge >= 0.3 is 5.97 Å². The van der Waals surface area contributed by atoms with Crippen LogP contribution >= 0.6 is 0 Å². The molecule has 1 aliphatic heterocycles. The Kier molecular flexibility index (Phi) is 5.34.